The first kappa shape index (κ1) is 18.2. The highest BCUT2D eigenvalue weighted by atomic mass is 16.2. The normalized spacial score (nSPS) is 14.8. The minimum Gasteiger partial charge on any atom is -0.350 e. The van der Waals surface area contributed by atoms with Crippen LogP contribution in [-0.4, -0.2) is 28.1 Å². The number of benzene rings is 1. The van der Waals surface area contributed by atoms with Crippen LogP contribution in [0.15, 0.2) is 36.4 Å². The molecule has 1 aliphatic carbocycles. The fraction of sp³-hybridized carbons (Fsp3) is 0.450. The van der Waals surface area contributed by atoms with Crippen molar-refractivity contribution in [2.45, 2.75) is 38.5 Å². The Morgan fingerprint density at radius 2 is 1.88 bits per heavy atom. The fourth-order valence-corrected chi connectivity index (χ4v) is 3.34. The number of carbonyl (C=O) groups is 2. The van der Waals surface area contributed by atoms with Gasteiger partial charge in [0, 0.05) is 25.6 Å². The van der Waals surface area contributed by atoms with Gasteiger partial charge in [0.25, 0.3) is 5.91 Å². The molecule has 1 heterocycles. The van der Waals surface area contributed by atoms with E-state index in [0.717, 1.165) is 32.1 Å². The van der Waals surface area contributed by atoms with Gasteiger partial charge in [0.15, 0.2) is 5.69 Å². The summed E-state index contributed by atoms with van der Waals surface area (Å²) >= 11 is 0. The zero-order valence-corrected chi connectivity index (χ0v) is 15.2. The molecule has 2 amide bonds. The largest absolute Gasteiger partial charge is 0.350 e. The number of carbonyl (C=O) groups excluding carboxylic acids is 2. The highest BCUT2D eigenvalue weighted by molar-refractivity contribution is 5.96. The van der Waals surface area contributed by atoms with Gasteiger partial charge in [0.1, 0.15) is 5.82 Å². The lowest BCUT2D eigenvalue weighted by atomic mass is 9.89. The third kappa shape index (κ3) is 4.71. The van der Waals surface area contributed by atoms with Gasteiger partial charge in [-0.3, -0.25) is 14.3 Å². The molecular weight excluding hydrogens is 328 g/mol. The van der Waals surface area contributed by atoms with Crippen molar-refractivity contribution >= 4 is 17.6 Å². The monoisotopic (exact) mass is 354 g/mol. The molecule has 0 aliphatic heterocycles. The van der Waals surface area contributed by atoms with E-state index in [1.54, 1.807) is 17.8 Å². The maximum absolute atomic E-state index is 12.4. The first-order valence-electron chi connectivity index (χ1n) is 9.30. The summed E-state index contributed by atoms with van der Waals surface area (Å²) in [6.07, 6.45) is 6.08. The molecule has 6 nitrogen and oxygen atoms in total. The lowest BCUT2D eigenvalue weighted by Crippen LogP contribution is -2.26. The summed E-state index contributed by atoms with van der Waals surface area (Å²) in [5.74, 6) is 0.439. The maximum atomic E-state index is 12.4. The van der Waals surface area contributed by atoms with Gasteiger partial charge in [-0.05, 0) is 24.8 Å². The molecule has 3 rings (SSSR count). The standard InChI is InChI=1S/C20H26N4O2/c1-24-18(22-19(25)16-10-6-3-7-11-16)14-17(23-24)20(26)21-13-12-15-8-4-2-5-9-15/h2,4-5,8-9,14,16H,3,6-7,10-13H2,1H3,(H,21,26)(H,22,25). The third-order valence-corrected chi connectivity index (χ3v) is 4.88. The molecule has 0 unspecified atom stereocenters. The van der Waals surface area contributed by atoms with E-state index in [1.165, 1.54) is 12.0 Å². The van der Waals surface area contributed by atoms with Crippen LogP contribution in [0.3, 0.4) is 0 Å². The van der Waals surface area contributed by atoms with Crippen molar-refractivity contribution in [3.8, 4) is 0 Å². The van der Waals surface area contributed by atoms with Crippen molar-refractivity contribution in [1.29, 1.82) is 0 Å². The van der Waals surface area contributed by atoms with Crippen LogP contribution >= 0.6 is 0 Å². The molecule has 0 saturated heterocycles. The highest BCUT2D eigenvalue weighted by Gasteiger charge is 2.22. The van der Waals surface area contributed by atoms with Crippen molar-refractivity contribution in [3.05, 3.63) is 47.7 Å². The van der Waals surface area contributed by atoms with Crippen LogP contribution in [0, 0.1) is 5.92 Å². The van der Waals surface area contributed by atoms with Gasteiger partial charge in [0.05, 0.1) is 0 Å². The minimum absolute atomic E-state index is 0.0312. The SMILES string of the molecule is Cn1nc(C(=O)NCCc2ccccc2)cc1NC(=O)C1CCCCC1. The van der Waals surface area contributed by atoms with Gasteiger partial charge >= 0.3 is 0 Å². The van der Waals surface area contributed by atoms with Crippen LogP contribution in [0.25, 0.3) is 0 Å². The van der Waals surface area contributed by atoms with Crippen molar-refractivity contribution in [2.24, 2.45) is 13.0 Å². The zero-order chi connectivity index (χ0) is 18.4. The smallest absolute Gasteiger partial charge is 0.271 e. The molecule has 6 heteroatoms. The van der Waals surface area contributed by atoms with Gasteiger partial charge in [0.2, 0.25) is 5.91 Å². The first-order valence-corrected chi connectivity index (χ1v) is 9.30. The predicted octanol–water partition coefficient (Wildman–Crippen LogP) is 2.91. The van der Waals surface area contributed by atoms with Gasteiger partial charge in [-0.1, -0.05) is 49.6 Å². The fourth-order valence-electron chi connectivity index (χ4n) is 3.34. The van der Waals surface area contributed by atoms with Gasteiger partial charge in [-0.15, -0.1) is 0 Å². The first-order chi connectivity index (χ1) is 12.6. The Balaban J connectivity index is 1.53. The number of aryl methyl sites for hydroxylation is 1. The number of amides is 2. The van der Waals surface area contributed by atoms with E-state index >= 15 is 0 Å². The number of nitrogens with zero attached hydrogens (tertiary/aromatic N) is 2. The molecule has 0 atom stereocenters. The number of hydrogen-bond acceptors (Lipinski definition) is 3. The molecule has 138 valence electrons. The Labute approximate surface area is 154 Å². The van der Waals surface area contributed by atoms with E-state index in [-0.39, 0.29) is 17.7 Å². The summed E-state index contributed by atoms with van der Waals surface area (Å²) in [4.78, 5) is 24.7. The molecule has 1 aliphatic rings. The van der Waals surface area contributed by atoms with Gasteiger partial charge in [-0.25, -0.2) is 0 Å². The number of aromatic nitrogens is 2. The van der Waals surface area contributed by atoms with Crippen molar-refractivity contribution < 1.29 is 9.59 Å². The summed E-state index contributed by atoms with van der Waals surface area (Å²) in [6, 6.07) is 11.6. The minimum atomic E-state index is -0.227. The lowest BCUT2D eigenvalue weighted by Gasteiger charge is -2.20. The predicted molar refractivity (Wildman–Crippen MR) is 101 cm³/mol. The topological polar surface area (TPSA) is 76.0 Å². The van der Waals surface area contributed by atoms with Crippen LogP contribution in [0.4, 0.5) is 5.82 Å². The quantitative estimate of drug-likeness (QED) is 0.837. The second kappa shape index (κ2) is 8.65. The van der Waals surface area contributed by atoms with Crippen molar-refractivity contribution in [2.75, 3.05) is 11.9 Å². The average Bonchev–Trinajstić information content (AvgIpc) is 3.04. The van der Waals surface area contributed by atoms with Crippen LogP contribution in [-0.2, 0) is 18.3 Å². The number of nitrogens with one attached hydrogen (secondary N) is 2. The highest BCUT2D eigenvalue weighted by Crippen LogP contribution is 2.25. The molecule has 26 heavy (non-hydrogen) atoms. The molecule has 1 aromatic heterocycles. The molecule has 1 fully saturated rings. The molecule has 0 bridgehead atoms. The number of rotatable bonds is 6. The zero-order valence-electron chi connectivity index (χ0n) is 15.2. The summed E-state index contributed by atoms with van der Waals surface area (Å²) in [5.41, 5.74) is 1.49. The Morgan fingerprint density at radius 3 is 2.62 bits per heavy atom. The maximum Gasteiger partial charge on any atom is 0.271 e. The molecular formula is C20H26N4O2. The van der Waals surface area contributed by atoms with Gasteiger partial charge < -0.3 is 10.6 Å². The Kier molecular flexibility index (Phi) is 6.04. The van der Waals surface area contributed by atoms with Crippen molar-refractivity contribution in [3.63, 3.8) is 0 Å². The Hall–Kier alpha value is -2.63. The molecule has 0 radical (unpaired) electrons. The van der Waals surface area contributed by atoms with E-state index in [9.17, 15) is 9.59 Å². The second-order valence-electron chi connectivity index (χ2n) is 6.85. The van der Waals surface area contributed by atoms with E-state index in [4.69, 9.17) is 0 Å². The molecule has 1 aromatic carbocycles. The summed E-state index contributed by atoms with van der Waals surface area (Å²) in [5, 5.41) is 10.0. The van der Waals surface area contributed by atoms with E-state index in [0.29, 0.717) is 18.1 Å². The lowest BCUT2D eigenvalue weighted by molar-refractivity contribution is -0.120. The Bertz CT molecular complexity index is 748. The molecule has 2 aromatic rings. The second-order valence-corrected chi connectivity index (χ2v) is 6.85. The van der Waals surface area contributed by atoms with E-state index in [1.807, 2.05) is 30.3 Å². The van der Waals surface area contributed by atoms with Crippen LogP contribution in [0.2, 0.25) is 0 Å². The number of anilines is 1. The summed E-state index contributed by atoms with van der Waals surface area (Å²) in [7, 11) is 1.73. The summed E-state index contributed by atoms with van der Waals surface area (Å²) in [6.45, 7) is 0.545. The molecule has 0 spiro atoms. The van der Waals surface area contributed by atoms with Crippen LogP contribution < -0.4 is 10.6 Å². The molecule has 1 saturated carbocycles. The van der Waals surface area contributed by atoms with Crippen LogP contribution in [0.1, 0.15) is 48.2 Å². The van der Waals surface area contributed by atoms with E-state index in [2.05, 4.69) is 15.7 Å². The molecule has 2 N–H and O–H groups in total. The van der Waals surface area contributed by atoms with Gasteiger partial charge in [-0.2, -0.15) is 5.10 Å². The van der Waals surface area contributed by atoms with E-state index < -0.39 is 0 Å². The summed E-state index contributed by atoms with van der Waals surface area (Å²) < 4.78 is 1.55. The third-order valence-electron chi connectivity index (χ3n) is 4.88. The van der Waals surface area contributed by atoms with Crippen LogP contribution in [0.5, 0.6) is 0 Å². The Morgan fingerprint density at radius 1 is 1.15 bits per heavy atom. The van der Waals surface area contributed by atoms with Crippen molar-refractivity contribution in [1.82, 2.24) is 15.1 Å². The number of hydrogen-bond donors (Lipinski definition) is 2. The average molecular weight is 354 g/mol.